The number of hydrogen-bond acceptors (Lipinski definition) is 1. The van der Waals surface area contributed by atoms with Gasteiger partial charge in [0, 0.05) is 5.92 Å². The summed E-state index contributed by atoms with van der Waals surface area (Å²) in [7, 11) is 0. The normalized spacial score (nSPS) is 11.2. The number of imidazole rings is 1. The predicted octanol–water partition coefficient (Wildman–Crippen LogP) is 4.53. The molecule has 0 saturated heterocycles. The Labute approximate surface area is 97.4 Å². The predicted molar refractivity (Wildman–Crippen MR) is 65.4 cm³/mol. The first-order valence-corrected chi connectivity index (χ1v) is 6.36. The van der Waals surface area contributed by atoms with Crippen LogP contribution in [0, 0.1) is 0 Å². The lowest BCUT2D eigenvalue weighted by Gasteiger charge is -2.13. The fourth-order valence-corrected chi connectivity index (χ4v) is 1.99. The van der Waals surface area contributed by atoms with Crippen LogP contribution in [0.4, 0.5) is 0 Å². The number of H-pyrrole nitrogens is 1. The number of nitrogens with zero attached hydrogens (tertiary/aromatic N) is 1. The van der Waals surface area contributed by atoms with Crippen molar-refractivity contribution in [3.05, 3.63) is 17.2 Å². The molecule has 0 spiro atoms. The minimum atomic E-state index is 0.567. The van der Waals surface area contributed by atoms with Crippen LogP contribution in [0.15, 0.2) is 6.20 Å². The molecule has 3 heteroatoms. The molecule has 0 unspecified atom stereocenters. The van der Waals surface area contributed by atoms with Crippen molar-refractivity contribution in [1.29, 1.82) is 0 Å². The maximum Gasteiger partial charge on any atom is 0.126 e. The Morgan fingerprint density at radius 1 is 1.27 bits per heavy atom. The molecule has 86 valence electrons. The first-order chi connectivity index (χ1) is 7.27. The van der Waals surface area contributed by atoms with Crippen molar-refractivity contribution < 1.29 is 0 Å². The standard InChI is InChI=1S/C12H21ClN2/c1-3-5-7-10(8-6-4-2)12-14-9-11(13)15-12/h9-10H,3-8H2,1-2H3,(H,14,15). The number of aromatic amines is 1. The van der Waals surface area contributed by atoms with E-state index in [1.165, 1.54) is 38.5 Å². The highest BCUT2D eigenvalue weighted by molar-refractivity contribution is 6.29. The Morgan fingerprint density at radius 2 is 1.87 bits per heavy atom. The van der Waals surface area contributed by atoms with Crippen LogP contribution in [-0.4, -0.2) is 9.97 Å². The topological polar surface area (TPSA) is 28.7 Å². The van der Waals surface area contributed by atoms with Crippen LogP contribution in [0.2, 0.25) is 5.15 Å². The fourth-order valence-electron chi connectivity index (χ4n) is 1.84. The van der Waals surface area contributed by atoms with Gasteiger partial charge in [-0.15, -0.1) is 0 Å². The summed E-state index contributed by atoms with van der Waals surface area (Å²) in [4.78, 5) is 7.48. The molecule has 0 aromatic carbocycles. The SMILES string of the molecule is CCCCC(CCCC)c1ncc(Cl)[nH]1. The zero-order valence-electron chi connectivity index (χ0n) is 9.72. The van der Waals surface area contributed by atoms with E-state index in [1.807, 2.05) is 0 Å². The Balaban J connectivity index is 2.54. The van der Waals surface area contributed by atoms with Crippen molar-refractivity contribution in [3.8, 4) is 0 Å². The van der Waals surface area contributed by atoms with E-state index in [2.05, 4.69) is 23.8 Å². The van der Waals surface area contributed by atoms with E-state index in [9.17, 15) is 0 Å². The molecule has 15 heavy (non-hydrogen) atoms. The summed E-state index contributed by atoms with van der Waals surface area (Å²) >= 11 is 5.85. The molecule has 1 heterocycles. The largest absolute Gasteiger partial charge is 0.333 e. The molecule has 0 aliphatic heterocycles. The number of hydrogen-bond donors (Lipinski definition) is 1. The van der Waals surface area contributed by atoms with E-state index in [-0.39, 0.29) is 0 Å². The molecule has 1 N–H and O–H groups in total. The van der Waals surface area contributed by atoms with E-state index in [0.29, 0.717) is 11.1 Å². The maximum absolute atomic E-state index is 5.85. The van der Waals surface area contributed by atoms with Gasteiger partial charge in [0.15, 0.2) is 0 Å². The third-order valence-electron chi connectivity index (χ3n) is 2.76. The van der Waals surface area contributed by atoms with E-state index in [4.69, 9.17) is 11.6 Å². The van der Waals surface area contributed by atoms with Gasteiger partial charge in [-0.2, -0.15) is 0 Å². The van der Waals surface area contributed by atoms with Gasteiger partial charge < -0.3 is 4.98 Å². The van der Waals surface area contributed by atoms with E-state index in [0.717, 1.165) is 5.82 Å². The van der Waals surface area contributed by atoms with Gasteiger partial charge in [0.1, 0.15) is 11.0 Å². The van der Waals surface area contributed by atoms with Crippen molar-refractivity contribution in [2.24, 2.45) is 0 Å². The van der Waals surface area contributed by atoms with Crippen LogP contribution in [0.25, 0.3) is 0 Å². The fraction of sp³-hybridized carbons (Fsp3) is 0.750. The van der Waals surface area contributed by atoms with Gasteiger partial charge in [-0.25, -0.2) is 4.98 Å². The summed E-state index contributed by atoms with van der Waals surface area (Å²) < 4.78 is 0. The summed E-state index contributed by atoms with van der Waals surface area (Å²) in [6, 6.07) is 0. The lowest BCUT2D eigenvalue weighted by Crippen LogP contribution is -2.01. The van der Waals surface area contributed by atoms with Gasteiger partial charge in [0.2, 0.25) is 0 Å². The minimum absolute atomic E-state index is 0.567. The van der Waals surface area contributed by atoms with Crippen molar-refractivity contribution in [1.82, 2.24) is 9.97 Å². The van der Waals surface area contributed by atoms with Crippen molar-refractivity contribution in [2.75, 3.05) is 0 Å². The van der Waals surface area contributed by atoms with Crippen LogP contribution >= 0.6 is 11.6 Å². The molecule has 0 bridgehead atoms. The molecule has 0 saturated carbocycles. The number of rotatable bonds is 7. The Kier molecular flexibility index (Phi) is 5.77. The van der Waals surface area contributed by atoms with E-state index < -0.39 is 0 Å². The number of nitrogens with one attached hydrogen (secondary N) is 1. The highest BCUT2D eigenvalue weighted by atomic mass is 35.5. The second-order valence-corrected chi connectivity index (χ2v) is 4.50. The minimum Gasteiger partial charge on any atom is -0.333 e. The third kappa shape index (κ3) is 4.25. The Hall–Kier alpha value is -0.500. The molecule has 0 aliphatic rings. The molecule has 1 aromatic heterocycles. The van der Waals surface area contributed by atoms with Crippen LogP contribution in [0.1, 0.15) is 64.1 Å². The number of unbranched alkanes of at least 4 members (excludes halogenated alkanes) is 2. The van der Waals surface area contributed by atoms with Crippen LogP contribution in [-0.2, 0) is 0 Å². The quantitative estimate of drug-likeness (QED) is 0.730. The van der Waals surface area contributed by atoms with Crippen molar-refractivity contribution >= 4 is 11.6 Å². The molecule has 1 aromatic rings. The van der Waals surface area contributed by atoms with Gasteiger partial charge >= 0.3 is 0 Å². The molecule has 0 fully saturated rings. The highest BCUT2D eigenvalue weighted by Gasteiger charge is 2.13. The second kappa shape index (κ2) is 6.89. The summed E-state index contributed by atoms with van der Waals surface area (Å²) in [5, 5.41) is 0.656. The van der Waals surface area contributed by atoms with E-state index >= 15 is 0 Å². The molecular weight excluding hydrogens is 208 g/mol. The van der Waals surface area contributed by atoms with Gasteiger partial charge in [0.25, 0.3) is 0 Å². The first-order valence-electron chi connectivity index (χ1n) is 5.98. The molecule has 0 atom stereocenters. The summed E-state index contributed by atoms with van der Waals surface area (Å²) in [5.41, 5.74) is 0. The Bertz CT molecular complexity index is 262. The Morgan fingerprint density at radius 3 is 2.27 bits per heavy atom. The van der Waals surface area contributed by atoms with Crippen LogP contribution < -0.4 is 0 Å². The third-order valence-corrected chi connectivity index (χ3v) is 2.96. The maximum atomic E-state index is 5.85. The molecule has 1 rings (SSSR count). The van der Waals surface area contributed by atoms with Crippen LogP contribution in [0.3, 0.4) is 0 Å². The van der Waals surface area contributed by atoms with Gasteiger partial charge in [-0.3, -0.25) is 0 Å². The molecule has 0 radical (unpaired) electrons. The lowest BCUT2D eigenvalue weighted by atomic mass is 9.95. The van der Waals surface area contributed by atoms with Crippen molar-refractivity contribution in [2.45, 2.75) is 58.3 Å². The zero-order valence-corrected chi connectivity index (χ0v) is 10.5. The number of aromatic nitrogens is 2. The highest BCUT2D eigenvalue weighted by Crippen LogP contribution is 2.26. The zero-order chi connectivity index (χ0) is 11.1. The second-order valence-electron chi connectivity index (χ2n) is 4.10. The van der Waals surface area contributed by atoms with Crippen molar-refractivity contribution in [3.63, 3.8) is 0 Å². The first kappa shape index (κ1) is 12.6. The smallest absolute Gasteiger partial charge is 0.126 e. The molecular formula is C12H21ClN2. The van der Waals surface area contributed by atoms with Gasteiger partial charge in [-0.05, 0) is 12.8 Å². The summed E-state index contributed by atoms with van der Waals surface area (Å²) in [5.74, 6) is 1.64. The average Bonchev–Trinajstić information content (AvgIpc) is 2.65. The lowest BCUT2D eigenvalue weighted by molar-refractivity contribution is 0.506. The summed E-state index contributed by atoms with van der Waals surface area (Å²) in [6.45, 7) is 4.46. The van der Waals surface area contributed by atoms with Gasteiger partial charge in [-0.1, -0.05) is 51.1 Å². The molecule has 0 amide bonds. The van der Waals surface area contributed by atoms with Gasteiger partial charge in [0.05, 0.1) is 6.20 Å². The summed E-state index contributed by atoms with van der Waals surface area (Å²) in [6.07, 6.45) is 9.19. The van der Waals surface area contributed by atoms with Crippen LogP contribution in [0.5, 0.6) is 0 Å². The van der Waals surface area contributed by atoms with E-state index in [1.54, 1.807) is 6.20 Å². The number of halogens is 1. The average molecular weight is 229 g/mol. The molecule has 2 nitrogen and oxygen atoms in total. The molecule has 0 aliphatic carbocycles. The monoisotopic (exact) mass is 228 g/mol.